The molecule has 0 aliphatic heterocycles. The van der Waals surface area contributed by atoms with E-state index in [9.17, 15) is 8.42 Å². The quantitative estimate of drug-likeness (QED) is 0.753. The molecule has 0 atom stereocenters. The van der Waals surface area contributed by atoms with Gasteiger partial charge >= 0.3 is 0 Å². The molecule has 7 heteroatoms. The van der Waals surface area contributed by atoms with Gasteiger partial charge in [0.1, 0.15) is 5.15 Å². The maximum atomic E-state index is 12.3. The van der Waals surface area contributed by atoms with Crippen molar-refractivity contribution in [3.8, 4) is 0 Å². The van der Waals surface area contributed by atoms with Gasteiger partial charge in [0.25, 0.3) is 10.0 Å². The standard InChI is InChI=1S/C14H10ClN3O2S/c15-13-7-8-16-14(17-13)18-21(19,20)12-6-5-10-3-1-2-4-11(10)9-12/h1-9H,(H,16,17,18). The minimum atomic E-state index is -3.76. The van der Waals surface area contributed by atoms with Crippen molar-refractivity contribution >= 4 is 38.3 Å². The van der Waals surface area contributed by atoms with Crippen LogP contribution in [0.2, 0.25) is 5.15 Å². The molecule has 0 saturated carbocycles. The predicted octanol–water partition coefficient (Wildman–Crippen LogP) is 3.08. The van der Waals surface area contributed by atoms with Gasteiger partial charge in [0.2, 0.25) is 5.95 Å². The van der Waals surface area contributed by atoms with Crippen molar-refractivity contribution in [2.24, 2.45) is 0 Å². The van der Waals surface area contributed by atoms with Gasteiger partial charge < -0.3 is 0 Å². The lowest BCUT2D eigenvalue weighted by molar-refractivity contribution is 0.601. The highest BCUT2D eigenvalue weighted by atomic mass is 35.5. The molecular weight excluding hydrogens is 310 g/mol. The zero-order valence-electron chi connectivity index (χ0n) is 10.7. The molecule has 1 N–H and O–H groups in total. The van der Waals surface area contributed by atoms with E-state index >= 15 is 0 Å². The van der Waals surface area contributed by atoms with Gasteiger partial charge in [0.05, 0.1) is 4.90 Å². The summed E-state index contributed by atoms with van der Waals surface area (Å²) in [5.74, 6) is -0.0596. The van der Waals surface area contributed by atoms with E-state index in [0.29, 0.717) is 0 Å². The van der Waals surface area contributed by atoms with Gasteiger partial charge in [-0.1, -0.05) is 41.9 Å². The average molecular weight is 320 g/mol. The van der Waals surface area contributed by atoms with Crippen molar-refractivity contribution in [1.29, 1.82) is 0 Å². The number of sulfonamides is 1. The van der Waals surface area contributed by atoms with Crippen LogP contribution < -0.4 is 4.72 Å². The number of fused-ring (bicyclic) bond motifs is 1. The number of hydrogen-bond acceptors (Lipinski definition) is 4. The van der Waals surface area contributed by atoms with Gasteiger partial charge in [-0.15, -0.1) is 0 Å². The predicted molar refractivity (Wildman–Crippen MR) is 81.8 cm³/mol. The smallest absolute Gasteiger partial charge is 0.247 e. The SMILES string of the molecule is O=S(=O)(Nc1nccc(Cl)n1)c1ccc2ccccc2c1. The lowest BCUT2D eigenvalue weighted by atomic mass is 10.1. The molecule has 0 aliphatic carbocycles. The van der Waals surface area contributed by atoms with E-state index < -0.39 is 10.0 Å². The topological polar surface area (TPSA) is 72.0 Å². The molecule has 0 saturated heterocycles. The number of anilines is 1. The summed E-state index contributed by atoms with van der Waals surface area (Å²) in [4.78, 5) is 7.78. The number of aromatic nitrogens is 2. The zero-order valence-corrected chi connectivity index (χ0v) is 12.3. The minimum Gasteiger partial charge on any atom is -0.247 e. The largest absolute Gasteiger partial charge is 0.264 e. The molecule has 0 radical (unpaired) electrons. The minimum absolute atomic E-state index is 0.0596. The summed E-state index contributed by atoms with van der Waals surface area (Å²) >= 11 is 5.71. The molecule has 1 aromatic heterocycles. The molecule has 0 spiro atoms. The van der Waals surface area contributed by atoms with E-state index in [4.69, 9.17) is 11.6 Å². The third-order valence-electron chi connectivity index (χ3n) is 2.88. The number of hydrogen-bond donors (Lipinski definition) is 1. The maximum absolute atomic E-state index is 12.3. The Hall–Kier alpha value is -2.18. The Kier molecular flexibility index (Phi) is 3.48. The van der Waals surface area contributed by atoms with Crippen LogP contribution in [-0.4, -0.2) is 18.4 Å². The molecule has 0 aliphatic rings. The summed E-state index contributed by atoms with van der Waals surface area (Å²) in [5, 5.41) is 1.98. The van der Waals surface area contributed by atoms with Crippen LogP contribution in [0.25, 0.3) is 10.8 Å². The second kappa shape index (κ2) is 5.31. The third-order valence-corrected chi connectivity index (χ3v) is 4.41. The fraction of sp³-hybridized carbons (Fsp3) is 0. The molecule has 3 aromatic rings. The molecule has 1 heterocycles. The Labute approximate surface area is 126 Å². The Morgan fingerprint density at radius 1 is 1.00 bits per heavy atom. The second-order valence-corrected chi connectivity index (χ2v) is 6.39. The Morgan fingerprint density at radius 3 is 2.52 bits per heavy atom. The summed E-state index contributed by atoms with van der Waals surface area (Å²) in [6.07, 6.45) is 1.38. The molecule has 0 unspecified atom stereocenters. The first kappa shape index (κ1) is 13.8. The fourth-order valence-corrected chi connectivity index (χ4v) is 3.02. The number of nitrogens with zero attached hydrogens (tertiary/aromatic N) is 2. The second-order valence-electron chi connectivity index (χ2n) is 4.32. The monoisotopic (exact) mass is 319 g/mol. The van der Waals surface area contributed by atoms with Crippen molar-refractivity contribution in [2.45, 2.75) is 4.90 Å². The Balaban J connectivity index is 2.00. The molecule has 0 bridgehead atoms. The lowest BCUT2D eigenvalue weighted by Crippen LogP contribution is -2.14. The van der Waals surface area contributed by atoms with Gasteiger partial charge in [-0.2, -0.15) is 0 Å². The van der Waals surface area contributed by atoms with Crippen LogP contribution in [0.5, 0.6) is 0 Å². The maximum Gasteiger partial charge on any atom is 0.264 e. The van der Waals surface area contributed by atoms with E-state index in [1.54, 1.807) is 12.1 Å². The van der Waals surface area contributed by atoms with Crippen molar-refractivity contribution in [1.82, 2.24) is 9.97 Å². The first-order chi connectivity index (χ1) is 10.0. The normalized spacial score (nSPS) is 11.5. The molecular formula is C14H10ClN3O2S. The number of halogens is 1. The van der Waals surface area contributed by atoms with Crippen molar-refractivity contribution < 1.29 is 8.42 Å². The molecule has 0 fully saturated rings. The van der Waals surface area contributed by atoms with E-state index in [0.717, 1.165) is 10.8 Å². The first-order valence-corrected chi connectivity index (χ1v) is 7.91. The molecule has 3 rings (SSSR count). The lowest BCUT2D eigenvalue weighted by Gasteiger charge is -2.07. The highest BCUT2D eigenvalue weighted by Gasteiger charge is 2.16. The zero-order chi connectivity index (χ0) is 14.9. The van der Waals surface area contributed by atoms with E-state index in [1.807, 2.05) is 24.3 Å². The molecule has 21 heavy (non-hydrogen) atoms. The Morgan fingerprint density at radius 2 is 1.76 bits per heavy atom. The van der Waals surface area contributed by atoms with Gasteiger partial charge in [0, 0.05) is 6.20 Å². The highest BCUT2D eigenvalue weighted by Crippen LogP contribution is 2.20. The Bertz CT molecular complexity index is 913. The van der Waals surface area contributed by atoms with Crippen LogP contribution in [0.3, 0.4) is 0 Å². The van der Waals surface area contributed by atoms with Gasteiger partial charge in [-0.25, -0.2) is 23.1 Å². The highest BCUT2D eigenvalue weighted by molar-refractivity contribution is 7.92. The van der Waals surface area contributed by atoms with Crippen LogP contribution >= 0.6 is 11.6 Å². The van der Waals surface area contributed by atoms with E-state index in [-0.39, 0.29) is 16.0 Å². The molecule has 106 valence electrons. The van der Waals surface area contributed by atoms with Crippen molar-refractivity contribution in [3.05, 3.63) is 59.9 Å². The van der Waals surface area contributed by atoms with E-state index in [1.165, 1.54) is 18.3 Å². The number of rotatable bonds is 3. The number of nitrogens with one attached hydrogen (secondary N) is 1. The van der Waals surface area contributed by atoms with Crippen molar-refractivity contribution in [3.63, 3.8) is 0 Å². The molecule has 0 amide bonds. The van der Waals surface area contributed by atoms with Gasteiger partial charge in [0.15, 0.2) is 0 Å². The summed E-state index contributed by atoms with van der Waals surface area (Å²) in [6.45, 7) is 0. The third kappa shape index (κ3) is 2.96. The van der Waals surface area contributed by atoms with Crippen LogP contribution in [-0.2, 0) is 10.0 Å². The summed E-state index contributed by atoms with van der Waals surface area (Å²) < 4.78 is 27.0. The van der Waals surface area contributed by atoms with Crippen LogP contribution in [0.1, 0.15) is 0 Å². The fourth-order valence-electron chi connectivity index (χ4n) is 1.90. The summed E-state index contributed by atoms with van der Waals surface area (Å²) in [6, 6.07) is 13.9. The van der Waals surface area contributed by atoms with Crippen molar-refractivity contribution in [2.75, 3.05) is 4.72 Å². The van der Waals surface area contributed by atoms with Gasteiger partial charge in [-0.3, -0.25) is 0 Å². The molecule has 2 aromatic carbocycles. The first-order valence-electron chi connectivity index (χ1n) is 6.05. The summed E-state index contributed by atoms with van der Waals surface area (Å²) in [7, 11) is -3.76. The molecule has 5 nitrogen and oxygen atoms in total. The number of benzene rings is 2. The van der Waals surface area contributed by atoms with Crippen LogP contribution in [0.4, 0.5) is 5.95 Å². The van der Waals surface area contributed by atoms with Gasteiger partial charge in [-0.05, 0) is 29.0 Å². The summed E-state index contributed by atoms with van der Waals surface area (Å²) in [5.41, 5.74) is 0. The van der Waals surface area contributed by atoms with Crippen LogP contribution in [0.15, 0.2) is 59.6 Å². The van der Waals surface area contributed by atoms with Crippen LogP contribution in [0, 0.1) is 0 Å². The van der Waals surface area contributed by atoms with E-state index in [2.05, 4.69) is 14.7 Å². The average Bonchev–Trinajstić information content (AvgIpc) is 2.46.